The molecule has 1 aliphatic heterocycles. The third-order valence-electron chi connectivity index (χ3n) is 4.37. The molecule has 1 fully saturated rings. The van der Waals surface area contributed by atoms with Crippen LogP contribution in [0.25, 0.3) is 0 Å². The predicted octanol–water partition coefficient (Wildman–Crippen LogP) is 0.773. The van der Waals surface area contributed by atoms with Gasteiger partial charge in [-0.15, -0.1) is 11.3 Å². The number of aliphatic imine (C=N–C) groups is 1. The third kappa shape index (κ3) is 8.02. The minimum absolute atomic E-state index is 0.234. The van der Waals surface area contributed by atoms with Gasteiger partial charge < -0.3 is 20.4 Å². The van der Waals surface area contributed by atoms with E-state index in [0.29, 0.717) is 19.1 Å². The molecule has 2 rings (SSSR count). The zero-order valence-electron chi connectivity index (χ0n) is 16.7. The summed E-state index contributed by atoms with van der Waals surface area (Å²) in [6.07, 6.45) is 3.26. The van der Waals surface area contributed by atoms with E-state index in [1.807, 2.05) is 24.4 Å². The number of thiazole rings is 1. The maximum absolute atomic E-state index is 11.3. The molecule has 1 saturated heterocycles. The fourth-order valence-electron chi connectivity index (χ4n) is 2.84. The quantitative estimate of drug-likeness (QED) is 0.478. The van der Waals surface area contributed by atoms with Crippen molar-refractivity contribution in [3.63, 3.8) is 0 Å². The first-order valence-electron chi connectivity index (χ1n) is 9.33. The normalized spacial score (nSPS) is 17.1. The van der Waals surface area contributed by atoms with E-state index in [0.717, 1.165) is 49.3 Å². The topological polar surface area (TPSA) is 89.9 Å². The molecule has 2 N–H and O–H groups in total. The van der Waals surface area contributed by atoms with Gasteiger partial charge in [-0.2, -0.15) is 0 Å². The van der Waals surface area contributed by atoms with Gasteiger partial charge in [0.25, 0.3) is 0 Å². The molecule has 0 unspecified atom stereocenters. The second kappa shape index (κ2) is 10.2. The average molecular weight is 417 g/mol. The lowest BCUT2D eigenvalue weighted by Crippen LogP contribution is -2.49. The second-order valence-electron chi connectivity index (χ2n) is 7.10. The Bertz CT molecular complexity index is 709. The fraction of sp³-hybridized carbons (Fsp3) is 0.765. The van der Waals surface area contributed by atoms with E-state index in [1.54, 1.807) is 11.3 Å². The second-order valence-corrected chi connectivity index (χ2v) is 10.2. The number of hydrogen-bond acceptors (Lipinski definition) is 7. The number of hydrogen-bond donors (Lipinski definition) is 2. The standard InChI is InChI=1S/C17H32N6O2S2/c1-5-18-16(19-12-15-13-26-17(21-15)22(2)3)20-14-6-8-23(9-7-14)10-11-27(4,24)25/h13-14H,5-12H2,1-4H3,(H2,18,19,20). The number of rotatable bonds is 8. The number of guanidine groups is 1. The molecule has 1 aromatic heterocycles. The summed E-state index contributed by atoms with van der Waals surface area (Å²) < 4.78 is 22.6. The molecule has 154 valence electrons. The van der Waals surface area contributed by atoms with E-state index in [2.05, 4.69) is 32.4 Å². The van der Waals surface area contributed by atoms with Crippen molar-refractivity contribution >= 4 is 32.3 Å². The lowest BCUT2D eigenvalue weighted by molar-refractivity contribution is 0.216. The summed E-state index contributed by atoms with van der Waals surface area (Å²) in [5, 5.41) is 9.84. The molecule has 0 aromatic carbocycles. The van der Waals surface area contributed by atoms with Gasteiger partial charge in [0.05, 0.1) is 18.0 Å². The summed E-state index contributed by atoms with van der Waals surface area (Å²) in [5.74, 6) is 1.05. The number of anilines is 1. The maximum atomic E-state index is 11.3. The summed E-state index contributed by atoms with van der Waals surface area (Å²) in [4.78, 5) is 13.5. The van der Waals surface area contributed by atoms with Gasteiger partial charge in [-0.25, -0.2) is 18.4 Å². The van der Waals surface area contributed by atoms with Gasteiger partial charge in [-0.05, 0) is 19.8 Å². The van der Waals surface area contributed by atoms with Gasteiger partial charge in [-0.3, -0.25) is 0 Å². The van der Waals surface area contributed by atoms with Crippen molar-refractivity contribution in [2.24, 2.45) is 4.99 Å². The van der Waals surface area contributed by atoms with Crippen molar-refractivity contribution in [1.29, 1.82) is 0 Å². The number of piperidine rings is 1. The molecule has 8 nitrogen and oxygen atoms in total. The zero-order valence-corrected chi connectivity index (χ0v) is 18.4. The maximum Gasteiger partial charge on any atom is 0.191 e. The molecule has 0 bridgehead atoms. The van der Waals surface area contributed by atoms with Crippen LogP contribution >= 0.6 is 11.3 Å². The van der Waals surface area contributed by atoms with Crippen molar-refractivity contribution in [3.8, 4) is 0 Å². The monoisotopic (exact) mass is 416 g/mol. The van der Waals surface area contributed by atoms with Crippen LogP contribution in [0, 0.1) is 0 Å². The Morgan fingerprint density at radius 1 is 1.41 bits per heavy atom. The molecule has 0 saturated carbocycles. The molecule has 0 spiro atoms. The van der Waals surface area contributed by atoms with E-state index >= 15 is 0 Å². The molecule has 0 aliphatic carbocycles. The lowest BCUT2D eigenvalue weighted by Gasteiger charge is -2.32. The van der Waals surface area contributed by atoms with Crippen molar-refractivity contribution in [2.45, 2.75) is 32.4 Å². The molecule has 10 heteroatoms. The molecule has 0 atom stereocenters. The summed E-state index contributed by atoms with van der Waals surface area (Å²) in [5.41, 5.74) is 0.969. The summed E-state index contributed by atoms with van der Waals surface area (Å²) in [6.45, 7) is 5.84. The Morgan fingerprint density at radius 3 is 2.67 bits per heavy atom. The summed E-state index contributed by atoms with van der Waals surface area (Å²) >= 11 is 1.62. The smallest absolute Gasteiger partial charge is 0.191 e. The van der Waals surface area contributed by atoms with Crippen LogP contribution in [0.15, 0.2) is 10.4 Å². The van der Waals surface area contributed by atoms with Gasteiger partial charge in [0, 0.05) is 58.0 Å². The molecule has 0 radical (unpaired) electrons. The lowest BCUT2D eigenvalue weighted by atomic mass is 10.1. The van der Waals surface area contributed by atoms with Crippen molar-refractivity contribution in [3.05, 3.63) is 11.1 Å². The van der Waals surface area contributed by atoms with Crippen LogP contribution in [0.1, 0.15) is 25.5 Å². The summed E-state index contributed by atoms with van der Waals surface area (Å²) in [7, 11) is 1.08. The van der Waals surface area contributed by atoms with Crippen molar-refractivity contribution < 1.29 is 8.42 Å². The van der Waals surface area contributed by atoms with E-state index in [4.69, 9.17) is 0 Å². The highest BCUT2D eigenvalue weighted by molar-refractivity contribution is 7.90. The van der Waals surface area contributed by atoms with Gasteiger partial charge >= 0.3 is 0 Å². The van der Waals surface area contributed by atoms with Gasteiger partial charge in [0.15, 0.2) is 11.1 Å². The van der Waals surface area contributed by atoms with Crippen molar-refractivity contribution in [2.75, 3.05) is 57.2 Å². The van der Waals surface area contributed by atoms with E-state index in [9.17, 15) is 8.42 Å². The molecular formula is C17H32N6O2S2. The number of aromatic nitrogens is 1. The molecule has 1 aliphatic rings. The van der Waals surface area contributed by atoms with E-state index in [1.165, 1.54) is 6.26 Å². The fourth-order valence-corrected chi connectivity index (χ4v) is 4.18. The van der Waals surface area contributed by atoms with Crippen LogP contribution in [-0.4, -0.2) is 82.6 Å². The molecule has 1 aromatic rings. The number of sulfone groups is 1. The Hall–Kier alpha value is -1.39. The molecule has 27 heavy (non-hydrogen) atoms. The van der Waals surface area contributed by atoms with Crippen LogP contribution in [-0.2, 0) is 16.4 Å². The first-order valence-corrected chi connectivity index (χ1v) is 12.3. The average Bonchev–Trinajstić information content (AvgIpc) is 3.08. The minimum atomic E-state index is -2.90. The Labute approximate surface area is 167 Å². The summed E-state index contributed by atoms with van der Waals surface area (Å²) in [6, 6.07) is 0.352. The largest absolute Gasteiger partial charge is 0.357 e. The Balaban J connectivity index is 1.83. The van der Waals surface area contributed by atoms with Crippen LogP contribution < -0.4 is 15.5 Å². The van der Waals surface area contributed by atoms with Gasteiger partial charge in [0.2, 0.25) is 0 Å². The van der Waals surface area contributed by atoms with Crippen molar-refractivity contribution in [1.82, 2.24) is 20.5 Å². The molecular weight excluding hydrogens is 384 g/mol. The van der Waals surface area contributed by atoms with Crippen LogP contribution in [0.3, 0.4) is 0 Å². The highest BCUT2D eigenvalue weighted by Crippen LogP contribution is 2.18. The number of nitrogens with one attached hydrogen (secondary N) is 2. The SMILES string of the molecule is CCNC(=NCc1csc(N(C)C)n1)NC1CCN(CCS(C)(=O)=O)CC1. The molecule has 0 amide bonds. The molecule has 2 heterocycles. The number of likely N-dealkylation sites (tertiary alicyclic amines) is 1. The predicted molar refractivity (Wildman–Crippen MR) is 114 cm³/mol. The van der Waals surface area contributed by atoms with E-state index < -0.39 is 9.84 Å². The highest BCUT2D eigenvalue weighted by atomic mass is 32.2. The Kier molecular flexibility index (Phi) is 8.30. The van der Waals surface area contributed by atoms with Gasteiger partial charge in [0.1, 0.15) is 9.84 Å². The zero-order chi connectivity index (χ0) is 19.9. The highest BCUT2D eigenvalue weighted by Gasteiger charge is 2.20. The minimum Gasteiger partial charge on any atom is -0.357 e. The van der Waals surface area contributed by atoms with Crippen LogP contribution in [0.2, 0.25) is 0 Å². The Morgan fingerprint density at radius 2 is 2.11 bits per heavy atom. The number of nitrogens with zero attached hydrogens (tertiary/aromatic N) is 4. The first-order chi connectivity index (χ1) is 12.8. The van der Waals surface area contributed by atoms with E-state index in [-0.39, 0.29) is 5.75 Å². The van der Waals surface area contributed by atoms with Gasteiger partial charge in [-0.1, -0.05) is 0 Å². The van der Waals surface area contributed by atoms with Crippen LogP contribution in [0.4, 0.5) is 5.13 Å². The third-order valence-corrected chi connectivity index (χ3v) is 6.35. The first kappa shape index (κ1) is 21.9. The van der Waals surface area contributed by atoms with Crippen LogP contribution in [0.5, 0.6) is 0 Å².